The number of fused-ring (bicyclic) bond motifs is 2. The maximum absolute atomic E-state index is 14.5. The Morgan fingerprint density at radius 3 is 2.70 bits per heavy atom. The van der Waals surface area contributed by atoms with Crippen LogP contribution in [0.4, 0.5) is 10.1 Å². The summed E-state index contributed by atoms with van der Waals surface area (Å²) >= 11 is 2.42. The van der Waals surface area contributed by atoms with Crippen molar-refractivity contribution in [1.82, 2.24) is 9.55 Å². The number of carbonyl (C=O) groups is 1. The summed E-state index contributed by atoms with van der Waals surface area (Å²) in [5.74, 6) is -0.478. The Balaban J connectivity index is 1.50. The number of nitrogens with zero attached hydrogens (tertiary/aromatic N) is 3. The van der Waals surface area contributed by atoms with Crippen molar-refractivity contribution in [3.05, 3.63) is 81.7 Å². The van der Waals surface area contributed by atoms with Gasteiger partial charge in [-0.1, -0.05) is 42.1 Å². The Hall–Kier alpha value is -2.97. The van der Waals surface area contributed by atoms with Crippen LogP contribution < -0.4 is 10.5 Å². The molecule has 2 aromatic carbocycles. The van der Waals surface area contributed by atoms with Crippen molar-refractivity contribution in [2.45, 2.75) is 11.6 Å². The highest BCUT2D eigenvalue weighted by Gasteiger charge is 2.25. The number of halogens is 1. The van der Waals surface area contributed by atoms with Gasteiger partial charge in [-0.25, -0.2) is 9.37 Å². The van der Waals surface area contributed by atoms with E-state index < -0.39 is 5.82 Å². The van der Waals surface area contributed by atoms with Crippen LogP contribution in [0.25, 0.3) is 15.9 Å². The molecule has 0 saturated heterocycles. The molecule has 0 fully saturated rings. The minimum absolute atomic E-state index is 0.0651. The highest BCUT2D eigenvalue weighted by Crippen LogP contribution is 2.29. The molecule has 0 atom stereocenters. The molecule has 30 heavy (non-hydrogen) atoms. The standard InChI is InChI=1S/C22H16FN3O2S2/c23-15-6-2-4-8-18(15)26-21(28)20-16(10-12-29-20)24-22(26)30-13-19(27)25-11-9-14-5-1-3-7-17(14)25/h1-8,10,12H,9,11,13H2. The molecule has 1 aliphatic rings. The number of aromatic nitrogens is 2. The predicted molar refractivity (Wildman–Crippen MR) is 118 cm³/mol. The summed E-state index contributed by atoms with van der Waals surface area (Å²) in [6.45, 7) is 0.635. The van der Waals surface area contributed by atoms with Gasteiger partial charge in [0.25, 0.3) is 5.56 Å². The van der Waals surface area contributed by atoms with Crippen molar-refractivity contribution >= 4 is 44.9 Å². The van der Waals surface area contributed by atoms with Crippen LogP contribution in [-0.4, -0.2) is 27.8 Å². The lowest BCUT2D eigenvalue weighted by Crippen LogP contribution is -2.31. The smallest absolute Gasteiger partial charge is 0.276 e. The third kappa shape index (κ3) is 3.22. The lowest BCUT2D eigenvalue weighted by atomic mass is 10.2. The fraction of sp³-hybridized carbons (Fsp3) is 0.136. The topological polar surface area (TPSA) is 55.2 Å². The first-order valence-electron chi connectivity index (χ1n) is 9.40. The van der Waals surface area contributed by atoms with Gasteiger partial charge < -0.3 is 4.90 Å². The zero-order valence-electron chi connectivity index (χ0n) is 15.7. The number of hydrogen-bond donors (Lipinski definition) is 0. The molecule has 0 N–H and O–H groups in total. The first kappa shape index (κ1) is 19.0. The highest BCUT2D eigenvalue weighted by molar-refractivity contribution is 7.99. The van der Waals surface area contributed by atoms with Crippen molar-refractivity contribution in [1.29, 1.82) is 0 Å². The van der Waals surface area contributed by atoms with Crippen molar-refractivity contribution in [3.63, 3.8) is 0 Å². The molecule has 0 bridgehead atoms. The number of thioether (sulfide) groups is 1. The van der Waals surface area contributed by atoms with E-state index in [9.17, 15) is 14.0 Å². The summed E-state index contributed by atoms with van der Waals surface area (Å²) in [5, 5.41) is 2.09. The average Bonchev–Trinajstić information content (AvgIpc) is 3.40. The van der Waals surface area contributed by atoms with Gasteiger partial charge in [-0.05, 0) is 41.6 Å². The van der Waals surface area contributed by atoms with Crippen LogP contribution in [0.5, 0.6) is 0 Å². The van der Waals surface area contributed by atoms with Crippen LogP contribution >= 0.6 is 23.1 Å². The zero-order valence-corrected chi connectivity index (χ0v) is 17.4. The molecule has 5 nitrogen and oxygen atoms in total. The Bertz CT molecular complexity index is 1330. The lowest BCUT2D eigenvalue weighted by molar-refractivity contribution is -0.116. The van der Waals surface area contributed by atoms with Crippen molar-refractivity contribution in [3.8, 4) is 5.69 Å². The third-order valence-corrected chi connectivity index (χ3v) is 6.87. The molecule has 5 rings (SSSR count). The number of para-hydroxylation sites is 2. The Morgan fingerprint density at radius 1 is 1.10 bits per heavy atom. The SMILES string of the molecule is O=C(CSc1nc2ccsc2c(=O)n1-c1ccccc1F)N1CCc2ccccc21. The van der Waals surface area contributed by atoms with Crippen molar-refractivity contribution in [2.75, 3.05) is 17.2 Å². The Kier molecular flexibility index (Phi) is 4.88. The molecule has 1 aliphatic heterocycles. The maximum atomic E-state index is 14.5. The van der Waals surface area contributed by atoms with E-state index in [1.165, 1.54) is 22.0 Å². The molecule has 4 aromatic rings. The second kappa shape index (κ2) is 7.70. The number of carbonyl (C=O) groups excluding carboxylic acids is 1. The van der Waals surface area contributed by atoms with Crippen LogP contribution in [0.2, 0.25) is 0 Å². The van der Waals surface area contributed by atoms with Gasteiger partial charge in [0.05, 0.1) is 17.0 Å². The molecule has 3 heterocycles. The summed E-state index contributed by atoms with van der Waals surface area (Å²) in [6.07, 6.45) is 0.825. The van der Waals surface area contributed by atoms with Crippen LogP contribution in [0, 0.1) is 5.82 Å². The molecule has 0 unspecified atom stereocenters. The van der Waals surface area contributed by atoms with E-state index in [-0.39, 0.29) is 22.9 Å². The quantitative estimate of drug-likeness (QED) is 0.354. The van der Waals surface area contributed by atoms with E-state index in [1.54, 1.807) is 34.5 Å². The Morgan fingerprint density at radius 2 is 1.87 bits per heavy atom. The lowest BCUT2D eigenvalue weighted by Gasteiger charge is -2.18. The van der Waals surface area contributed by atoms with E-state index in [2.05, 4.69) is 4.98 Å². The van der Waals surface area contributed by atoms with E-state index in [1.807, 2.05) is 24.3 Å². The number of benzene rings is 2. The first-order chi connectivity index (χ1) is 14.6. The van der Waals surface area contributed by atoms with Crippen LogP contribution in [-0.2, 0) is 11.2 Å². The molecule has 8 heteroatoms. The maximum Gasteiger partial charge on any atom is 0.276 e. The highest BCUT2D eigenvalue weighted by atomic mass is 32.2. The van der Waals surface area contributed by atoms with E-state index in [0.29, 0.717) is 21.9 Å². The number of hydrogen-bond acceptors (Lipinski definition) is 5. The summed E-state index contributed by atoms with van der Waals surface area (Å²) in [6, 6.07) is 15.7. The first-order valence-corrected chi connectivity index (χ1v) is 11.3. The molecule has 150 valence electrons. The van der Waals surface area contributed by atoms with Gasteiger partial charge in [0, 0.05) is 12.2 Å². The molecule has 0 radical (unpaired) electrons. The van der Waals surface area contributed by atoms with Crippen molar-refractivity contribution in [2.24, 2.45) is 0 Å². The second-order valence-corrected chi connectivity index (χ2v) is 8.69. The molecule has 0 aliphatic carbocycles. The number of thiophene rings is 1. The van der Waals surface area contributed by atoms with Crippen LogP contribution in [0.1, 0.15) is 5.56 Å². The number of anilines is 1. The molecule has 2 aromatic heterocycles. The summed E-state index contributed by atoms with van der Waals surface area (Å²) in [4.78, 5) is 32.3. The summed E-state index contributed by atoms with van der Waals surface area (Å²) < 4.78 is 16.2. The van der Waals surface area contributed by atoms with E-state index in [0.717, 1.165) is 29.4 Å². The van der Waals surface area contributed by atoms with Gasteiger partial charge >= 0.3 is 0 Å². The van der Waals surface area contributed by atoms with Crippen molar-refractivity contribution < 1.29 is 9.18 Å². The third-order valence-electron chi connectivity index (χ3n) is 5.06. The molecule has 0 spiro atoms. The fourth-order valence-electron chi connectivity index (χ4n) is 3.64. The van der Waals surface area contributed by atoms with Gasteiger partial charge in [-0.2, -0.15) is 0 Å². The minimum atomic E-state index is -0.515. The van der Waals surface area contributed by atoms with Gasteiger partial charge in [0.2, 0.25) is 5.91 Å². The minimum Gasteiger partial charge on any atom is -0.311 e. The molecular weight excluding hydrogens is 421 g/mol. The van der Waals surface area contributed by atoms with Gasteiger partial charge in [0.1, 0.15) is 10.5 Å². The fourth-order valence-corrected chi connectivity index (χ4v) is 5.28. The average molecular weight is 438 g/mol. The number of rotatable bonds is 4. The molecular formula is C22H16FN3O2S2. The van der Waals surface area contributed by atoms with Gasteiger partial charge in [-0.3, -0.25) is 14.2 Å². The van der Waals surface area contributed by atoms with E-state index in [4.69, 9.17) is 0 Å². The van der Waals surface area contributed by atoms with E-state index >= 15 is 0 Å². The largest absolute Gasteiger partial charge is 0.311 e. The Labute approximate surface area is 179 Å². The summed E-state index contributed by atoms with van der Waals surface area (Å²) in [5.41, 5.74) is 2.43. The van der Waals surface area contributed by atoms with Gasteiger partial charge in [0.15, 0.2) is 5.16 Å². The second-order valence-electron chi connectivity index (χ2n) is 6.83. The van der Waals surface area contributed by atoms with Crippen LogP contribution in [0.15, 0.2) is 69.9 Å². The van der Waals surface area contributed by atoms with Gasteiger partial charge in [-0.15, -0.1) is 11.3 Å². The molecule has 1 amide bonds. The van der Waals surface area contributed by atoms with Crippen LogP contribution in [0.3, 0.4) is 0 Å². The molecule has 0 saturated carbocycles. The number of amides is 1. The summed E-state index contributed by atoms with van der Waals surface area (Å²) in [7, 11) is 0. The predicted octanol–water partition coefficient (Wildman–Crippen LogP) is 4.27. The normalized spacial score (nSPS) is 13.0. The zero-order chi connectivity index (χ0) is 20.7. The monoisotopic (exact) mass is 437 g/mol.